The standard InChI is InChI=1S/C20H25NO5/c1-25-15-5-2-3-6-16(15)26-20(18(23)24)9-11-21(12-10-20)17(22)14-13-19(14)7-4-8-19/h2-3,5-6,14H,4,7-13H2,1H3,(H,23,24)/t14-/m1/s1. The van der Waals surface area contributed by atoms with E-state index < -0.39 is 11.6 Å². The average molecular weight is 359 g/mol. The second-order valence-electron chi connectivity index (χ2n) is 7.85. The number of carbonyl (C=O) groups excluding carboxylic acids is 1. The summed E-state index contributed by atoms with van der Waals surface area (Å²) in [6, 6.07) is 7.06. The van der Waals surface area contributed by atoms with Crippen molar-refractivity contribution in [1.82, 2.24) is 4.90 Å². The van der Waals surface area contributed by atoms with Crippen LogP contribution < -0.4 is 9.47 Å². The van der Waals surface area contributed by atoms with Gasteiger partial charge in [-0.25, -0.2) is 4.79 Å². The van der Waals surface area contributed by atoms with Gasteiger partial charge in [-0.1, -0.05) is 18.6 Å². The number of benzene rings is 1. The van der Waals surface area contributed by atoms with Crippen LogP contribution in [0.1, 0.15) is 38.5 Å². The maximum atomic E-state index is 12.7. The van der Waals surface area contributed by atoms with Crippen LogP contribution in [-0.4, -0.2) is 47.7 Å². The monoisotopic (exact) mass is 359 g/mol. The number of methoxy groups -OCH3 is 1. The lowest BCUT2D eigenvalue weighted by Gasteiger charge is -2.39. The van der Waals surface area contributed by atoms with Crippen LogP contribution in [0.4, 0.5) is 0 Å². The first-order valence-corrected chi connectivity index (χ1v) is 9.34. The molecule has 3 aliphatic rings. The molecule has 0 bridgehead atoms. The largest absolute Gasteiger partial charge is 0.493 e. The van der Waals surface area contributed by atoms with Gasteiger partial charge in [-0.15, -0.1) is 0 Å². The Bertz CT molecular complexity index is 719. The minimum atomic E-state index is -1.32. The molecule has 1 N–H and O–H groups in total. The van der Waals surface area contributed by atoms with E-state index in [1.165, 1.54) is 26.4 Å². The van der Waals surface area contributed by atoms with E-state index >= 15 is 0 Å². The number of nitrogens with zero attached hydrogens (tertiary/aromatic N) is 1. The summed E-state index contributed by atoms with van der Waals surface area (Å²) in [5.74, 6) is 0.325. The summed E-state index contributed by atoms with van der Waals surface area (Å²) >= 11 is 0. The van der Waals surface area contributed by atoms with Gasteiger partial charge in [0, 0.05) is 31.8 Å². The number of rotatable bonds is 5. The molecular weight excluding hydrogens is 334 g/mol. The normalized spacial score (nSPS) is 25.3. The number of hydrogen-bond acceptors (Lipinski definition) is 4. The van der Waals surface area contributed by atoms with E-state index in [0.29, 0.717) is 30.0 Å². The van der Waals surface area contributed by atoms with Crippen molar-refractivity contribution >= 4 is 11.9 Å². The molecule has 1 spiro atoms. The molecule has 1 aromatic rings. The second-order valence-corrected chi connectivity index (χ2v) is 7.85. The molecule has 3 fully saturated rings. The number of piperidine rings is 1. The number of carboxylic acids is 1. The lowest BCUT2D eigenvalue weighted by Crippen LogP contribution is -2.54. The topological polar surface area (TPSA) is 76.1 Å². The first-order chi connectivity index (χ1) is 12.5. The molecule has 1 aromatic carbocycles. The third kappa shape index (κ3) is 2.72. The predicted octanol–water partition coefficient (Wildman–Crippen LogP) is 2.71. The van der Waals surface area contributed by atoms with Crippen molar-refractivity contribution in [3.63, 3.8) is 0 Å². The van der Waals surface area contributed by atoms with Crippen LogP contribution >= 0.6 is 0 Å². The van der Waals surface area contributed by atoms with Crippen molar-refractivity contribution in [3.8, 4) is 11.5 Å². The van der Waals surface area contributed by atoms with E-state index in [2.05, 4.69) is 0 Å². The van der Waals surface area contributed by atoms with E-state index in [-0.39, 0.29) is 24.7 Å². The van der Waals surface area contributed by atoms with Crippen LogP contribution in [0, 0.1) is 11.3 Å². The highest BCUT2D eigenvalue weighted by atomic mass is 16.5. The van der Waals surface area contributed by atoms with E-state index in [1.54, 1.807) is 18.2 Å². The molecule has 0 aromatic heterocycles. The number of aliphatic carboxylic acids is 1. The highest BCUT2D eigenvalue weighted by molar-refractivity contribution is 5.84. The number of carbonyl (C=O) groups is 2. The lowest BCUT2D eigenvalue weighted by atomic mass is 9.79. The molecule has 1 amide bonds. The van der Waals surface area contributed by atoms with Gasteiger partial charge in [-0.3, -0.25) is 4.79 Å². The van der Waals surface area contributed by atoms with Gasteiger partial charge in [0.25, 0.3) is 0 Å². The van der Waals surface area contributed by atoms with E-state index in [1.807, 2.05) is 11.0 Å². The van der Waals surface area contributed by atoms with Crippen molar-refractivity contribution in [2.24, 2.45) is 11.3 Å². The second kappa shape index (κ2) is 6.18. The molecule has 26 heavy (non-hydrogen) atoms. The fourth-order valence-corrected chi connectivity index (χ4v) is 4.46. The summed E-state index contributed by atoms with van der Waals surface area (Å²) in [5, 5.41) is 9.82. The van der Waals surface area contributed by atoms with E-state index in [0.717, 1.165) is 6.42 Å². The van der Waals surface area contributed by atoms with Crippen LogP contribution in [0.3, 0.4) is 0 Å². The van der Waals surface area contributed by atoms with Gasteiger partial charge in [0.2, 0.25) is 11.5 Å². The molecule has 6 heteroatoms. The molecule has 140 valence electrons. The Morgan fingerprint density at radius 3 is 2.27 bits per heavy atom. The quantitative estimate of drug-likeness (QED) is 0.875. The molecule has 1 saturated heterocycles. The van der Waals surface area contributed by atoms with Crippen molar-refractivity contribution in [2.45, 2.75) is 44.1 Å². The molecule has 0 radical (unpaired) electrons. The lowest BCUT2D eigenvalue weighted by molar-refractivity contribution is -0.162. The molecule has 6 nitrogen and oxygen atoms in total. The summed E-state index contributed by atoms with van der Waals surface area (Å²) in [6.07, 6.45) is 5.17. The minimum absolute atomic E-state index is 0.170. The van der Waals surface area contributed by atoms with Gasteiger partial charge < -0.3 is 19.5 Å². The molecule has 4 rings (SSSR count). The maximum absolute atomic E-state index is 12.7. The van der Waals surface area contributed by atoms with Gasteiger partial charge in [-0.2, -0.15) is 0 Å². The molecule has 2 saturated carbocycles. The predicted molar refractivity (Wildman–Crippen MR) is 94.2 cm³/mol. The Labute approximate surface area is 153 Å². The summed E-state index contributed by atoms with van der Waals surface area (Å²) < 4.78 is 11.2. The number of likely N-dealkylation sites (tertiary alicyclic amines) is 1. The zero-order chi connectivity index (χ0) is 18.4. The molecular formula is C20H25NO5. The highest BCUT2D eigenvalue weighted by Crippen LogP contribution is 2.66. The highest BCUT2D eigenvalue weighted by Gasteiger charge is 2.62. The zero-order valence-electron chi connectivity index (χ0n) is 15.1. The van der Waals surface area contributed by atoms with Crippen LogP contribution in [0.2, 0.25) is 0 Å². The smallest absolute Gasteiger partial charge is 0.348 e. The average Bonchev–Trinajstić information content (AvgIpc) is 3.38. The SMILES string of the molecule is COc1ccccc1OC1(C(=O)O)CCN(C(=O)[C@H]2CC23CCC3)CC1. The summed E-state index contributed by atoms with van der Waals surface area (Å²) in [4.78, 5) is 26.6. The summed E-state index contributed by atoms with van der Waals surface area (Å²) in [6.45, 7) is 0.847. The number of amides is 1. The van der Waals surface area contributed by atoms with Crippen LogP contribution in [0.15, 0.2) is 24.3 Å². The van der Waals surface area contributed by atoms with Gasteiger partial charge in [0.15, 0.2) is 11.5 Å². The minimum Gasteiger partial charge on any atom is -0.493 e. The fraction of sp³-hybridized carbons (Fsp3) is 0.600. The number of para-hydroxylation sites is 2. The van der Waals surface area contributed by atoms with Gasteiger partial charge in [-0.05, 0) is 36.8 Å². The molecule has 1 heterocycles. The van der Waals surface area contributed by atoms with Crippen LogP contribution in [0.5, 0.6) is 11.5 Å². The number of hydrogen-bond donors (Lipinski definition) is 1. The van der Waals surface area contributed by atoms with Crippen LogP contribution in [-0.2, 0) is 9.59 Å². The Hall–Kier alpha value is -2.24. The Balaban J connectivity index is 1.44. The third-order valence-electron chi connectivity index (χ3n) is 6.48. The van der Waals surface area contributed by atoms with Gasteiger partial charge in [0.1, 0.15) is 0 Å². The zero-order valence-corrected chi connectivity index (χ0v) is 15.1. The first kappa shape index (κ1) is 17.2. The Morgan fingerprint density at radius 1 is 1.12 bits per heavy atom. The van der Waals surface area contributed by atoms with Crippen molar-refractivity contribution < 1.29 is 24.2 Å². The molecule has 1 aliphatic heterocycles. The fourth-order valence-electron chi connectivity index (χ4n) is 4.46. The maximum Gasteiger partial charge on any atom is 0.348 e. The first-order valence-electron chi connectivity index (χ1n) is 9.34. The Kier molecular flexibility index (Phi) is 4.09. The van der Waals surface area contributed by atoms with Gasteiger partial charge in [0.05, 0.1) is 7.11 Å². The number of ether oxygens (including phenoxy) is 2. The Morgan fingerprint density at radius 2 is 1.77 bits per heavy atom. The molecule has 0 unspecified atom stereocenters. The van der Waals surface area contributed by atoms with E-state index in [9.17, 15) is 14.7 Å². The molecule has 1 atom stereocenters. The number of carboxylic acid groups (broad SMARTS) is 1. The van der Waals surface area contributed by atoms with Crippen LogP contribution in [0.25, 0.3) is 0 Å². The summed E-state index contributed by atoms with van der Waals surface area (Å²) in [7, 11) is 1.53. The molecule has 2 aliphatic carbocycles. The van der Waals surface area contributed by atoms with Gasteiger partial charge >= 0.3 is 5.97 Å². The van der Waals surface area contributed by atoms with Crippen molar-refractivity contribution in [1.29, 1.82) is 0 Å². The summed E-state index contributed by atoms with van der Waals surface area (Å²) in [5.41, 5.74) is -1.02. The third-order valence-corrected chi connectivity index (χ3v) is 6.48. The van der Waals surface area contributed by atoms with E-state index in [4.69, 9.17) is 9.47 Å². The van der Waals surface area contributed by atoms with Crippen molar-refractivity contribution in [3.05, 3.63) is 24.3 Å². The van der Waals surface area contributed by atoms with Crippen molar-refractivity contribution in [2.75, 3.05) is 20.2 Å².